The molecule has 0 radical (unpaired) electrons. The predicted molar refractivity (Wildman–Crippen MR) is 127 cm³/mol. The SMILES string of the molecule is CCn1c(SCC(=O)Nc2sc(C(=O)OC)c(C)c2C(=O)OC)nnc1-c1cccc(Cl)c1. The molecular weight excluding hydrogens is 488 g/mol. The third-order valence-corrected chi connectivity index (χ3v) is 7.00. The molecule has 1 aromatic carbocycles. The Kier molecular flexibility index (Phi) is 8.11. The number of thiophene rings is 1. The number of esters is 2. The van der Waals surface area contributed by atoms with Crippen molar-refractivity contribution in [1.82, 2.24) is 14.8 Å². The molecule has 0 fully saturated rings. The molecule has 0 saturated heterocycles. The lowest BCUT2D eigenvalue weighted by Gasteiger charge is -2.08. The Morgan fingerprint density at radius 3 is 2.55 bits per heavy atom. The number of nitrogens with zero attached hydrogens (tertiary/aromatic N) is 3. The first kappa shape index (κ1) is 24.7. The number of aromatic nitrogens is 3. The molecule has 3 aromatic rings. The lowest BCUT2D eigenvalue weighted by Crippen LogP contribution is -2.16. The van der Waals surface area contributed by atoms with Gasteiger partial charge in [-0.2, -0.15) is 0 Å². The highest BCUT2D eigenvalue weighted by atomic mass is 35.5. The molecule has 0 aliphatic heterocycles. The minimum Gasteiger partial charge on any atom is -0.465 e. The largest absolute Gasteiger partial charge is 0.465 e. The number of halogens is 1. The number of thioether (sulfide) groups is 1. The van der Waals surface area contributed by atoms with Gasteiger partial charge >= 0.3 is 11.9 Å². The number of ether oxygens (including phenoxy) is 2. The van der Waals surface area contributed by atoms with Crippen LogP contribution in [-0.4, -0.2) is 52.6 Å². The van der Waals surface area contributed by atoms with Gasteiger partial charge in [-0.25, -0.2) is 9.59 Å². The maximum absolute atomic E-state index is 12.7. The minimum atomic E-state index is -0.654. The second-order valence-electron chi connectivity index (χ2n) is 6.64. The molecule has 2 heterocycles. The van der Waals surface area contributed by atoms with Crippen molar-refractivity contribution in [1.29, 1.82) is 0 Å². The Morgan fingerprint density at radius 2 is 1.91 bits per heavy atom. The topological polar surface area (TPSA) is 112 Å². The Balaban J connectivity index is 1.78. The monoisotopic (exact) mass is 508 g/mol. The van der Waals surface area contributed by atoms with Gasteiger partial charge in [0.25, 0.3) is 0 Å². The second-order valence-corrected chi connectivity index (χ2v) is 9.04. The van der Waals surface area contributed by atoms with Gasteiger partial charge in [0, 0.05) is 17.1 Å². The maximum atomic E-state index is 12.7. The van der Waals surface area contributed by atoms with Crippen molar-refractivity contribution in [2.45, 2.75) is 25.5 Å². The van der Waals surface area contributed by atoms with Crippen molar-refractivity contribution in [2.75, 3.05) is 25.3 Å². The van der Waals surface area contributed by atoms with Crippen LogP contribution in [0.25, 0.3) is 11.4 Å². The zero-order chi connectivity index (χ0) is 24.1. The molecule has 0 unspecified atom stereocenters. The summed E-state index contributed by atoms with van der Waals surface area (Å²) >= 11 is 8.25. The number of rotatable bonds is 8. The van der Waals surface area contributed by atoms with E-state index in [2.05, 4.69) is 15.5 Å². The zero-order valence-corrected chi connectivity index (χ0v) is 20.7. The number of benzene rings is 1. The van der Waals surface area contributed by atoms with E-state index in [9.17, 15) is 14.4 Å². The van der Waals surface area contributed by atoms with Crippen LogP contribution in [0.3, 0.4) is 0 Å². The first-order chi connectivity index (χ1) is 15.8. The summed E-state index contributed by atoms with van der Waals surface area (Å²) in [6.45, 7) is 4.14. The van der Waals surface area contributed by atoms with E-state index in [4.69, 9.17) is 21.1 Å². The van der Waals surface area contributed by atoms with E-state index >= 15 is 0 Å². The number of hydrogen-bond donors (Lipinski definition) is 1. The quantitative estimate of drug-likeness (QED) is 0.354. The maximum Gasteiger partial charge on any atom is 0.348 e. The third-order valence-electron chi connectivity index (χ3n) is 4.61. The van der Waals surface area contributed by atoms with E-state index in [1.165, 1.54) is 26.0 Å². The Bertz CT molecular complexity index is 1210. The summed E-state index contributed by atoms with van der Waals surface area (Å²) in [5.41, 5.74) is 1.33. The van der Waals surface area contributed by atoms with Crippen molar-refractivity contribution in [3.05, 3.63) is 45.3 Å². The van der Waals surface area contributed by atoms with Crippen molar-refractivity contribution in [2.24, 2.45) is 0 Å². The molecule has 0 spiro atoms. The van der Waals surface area contributed by atoms with Gasteiger partial charge in [0.15, 0.2) is 11.0 Å². The highest BCUT2D eigenvalue weighted by Crippen LogP contribution is 2.34. The second kappa shape index (κ2) is 10.8. The average molecular weight is 509 g/mol. The summed E-state index contributed by atoms with van der Waals surface area (Å²) in [5.74, 6) is -0.968. The van der Waals surface area contributed by atoms with Crippen molar-refractivity contribution < 1.29 is 23.9 Å². The zero-order valence-electron chi connectivity index (χ0n) is 18.3. The van der Waals surface area contributed by atoms with Gasteiger partial charge in [0.05, 0.1) is 25.5 Å². The number of carbonyl (C=O) groups is 3. The van der Waals surface area contributed by atoms with E-state index in [-0.39, 0.29) is 27.1 Å². The lowest BCUT2D eigenvalue weighted by atomic mass is 10.1. The number of amides is 1. The molecule has 0 bridgehead atoms. The molecule has 33 heavy (non-hydrogen) atoms. The van der Waals surface area contributed by atoms with Gasteiger partial charge in [0.1, 0.15) is 9.88 Å². The van der Waals surface area contributed by atoms with Gasteiger partial charge < -0.3 is 19.4 Å². The molecule has 12 heteroatoms. The fourth-order valence-corrected chi connectivity index (χ4v) is 5.17. The summed E-state index contributed by atoms with van der Waals surface area (Å²) in [5, 5.41) is 12.5. The third kappa shape index (κ3) is 5.37. The molecule has 174 valence electrons. The first-order valence-electron chi connectivity index (χ1n) is 9.72. The Hall–Kier alpha value is -2.89. The van der Waals surface area contributed by atoms with Gasteiger partial charge in [-0.05, 0) is 31.5 Å². The number of hydrogen-bond acceptors (Lipinski definition) is 9. The summed E-state index contributed by atoms with van der Waals surface area (Å²) in [4.78, 5) is 37.1. The van der Waals surface area contributed by atoms with Crippen molar-refractivity contribution in [3.8, 4) is 11.4 Å². The number of carbonyl (C=O) groups excluding carboxylic acids is 3. The fraction of sp³-hybridized carbons (Fsp3) is 0.286. The fourth-order valence-electron chi connectivity index (χ4n) is 3.05. The summed E-state index contributed by atoms with van der Waals surface area (Å²) < 4.78 is 11.4. The Labute approximate surface area is 203 Å². The number of nitrogens with one attached hydrogen (secondary N) is 1. The van der Waals surface area contributed by atoms with Crippen LogP contribution >= 0.6 is 34.7 Å². The van der Waals surface area contributed by atoms with E-state index in [1.54, 1.807) is 19.1 Å². The van der Waals surface area contributed by atoms with Crippen LogP contribution in [0.1, 0.15) is 32.5 Å². The van der Waals surface area contributed by atoms with Crippen LogP contribution in [0.4, 0.5) is 5.00 Å². The molecule has 3 rings (SSSR count). The molecule has 9 nitrogen and oxygen atoms in total. The highest BCUT2D eigenvalue weighted by molar-refractivity contribution is 7.99. The van der Waals surface area contributed by atoms with Crippen molar-refractivity contribution in [3.63, 3.8) is 0 Å². The molecule has 0 saturated carbocycles. The van der Waals surface area contributed by atoms with E-state index in [0.29, 0.717) is 28.1 Å². The summed E-state index contributed by atoms with van der Waals surface area (Å²) in [6.07, 6.45) is 0. The lowest BCUT2D eigenvalue weighted by molar-refractivity contribution is -0.113. The molecular formula is C21H21ClN4O5S2. The van der Waals surface area contributed by atoms with Gasteiger partial charge in [-0.15, -0.1) is 21.5 Å². The average Bonchev–Trinajstić information content (AvgIpc) is 3.37. The van der Waals surface area contributed by atoms with E-state index < -0.39 is 11.9 Å². The van der Waals surface area contributed by atoms with Crippen LogP contribution in [0.15, 0.2) is 29.4 Å². The van der Waals surface area contributed by atoms with E-state index in [1.807, 2.05) is 23.6 Å². The first-order valence-corrected chi connectivity index (χ1v) is 11.9. The van der Waals surface area contributed by atoms with Gasteiger partial charge in [-0.3, -0.25) is 4.79 Å². The molecule has 0 aliphatic rings. The van der Waals surface area contributed by atoms with Crippen LogP contribution in [0.2, 0.25) is 5.02 Å². The van der Waals surface area contributed by atoms with Crippen molar-refractivity contribution >= 4 is 57.5 Å². The number of anilines is 1. The molecule has 1 N–H and O–H groups in total. The highest BCUT2D eigenvalue weighted by Gasteiger charge is 2.27. The van der Waals surface area contributed by atoms with Gasteiger partial charge in [-0.1, -0.05) is 35.5 Å². The van der Waals surface area contributed by atoms with E-state index in [0.717, 1.165) is 16.9 Å². The van der Waals surface area contributed by atoms with Crippen LogP contribution in [-0.2, 0) is 20.8 Å². The van der Waals surface area contributed by atoms with Crippen LogP contribution in [0, 0.1) is 6.92 Å². The minimum absolute atomic E-state index is 0.0127. The molecule has 2 aromatic heterocycles. The van der Waals surface area contributed by atoms with Crippen LogP contribution < -0.4 is 5.32 Å². The summed E-state index contributed by atoms with van der Waals surface area (Å²) in [7, 11) is 2.48. The van der Waals surface area contributed by atoms with Gasteiger partial charge in [0.2, 0.25) is 5.91 Å². The summed E-state index contributed by atoms with van der Waals surface area (Å²) in [6, 6.07) is 7.29. The molecule has 1 amide bonds. The standard InChI is InChI=1S/C21H21ClN4O5S2/c1-5-26-17(12-7-6-8-13(22)9-12)24-25-21(26)32-10-14(27)23-18-15(19(28)30-3)11(2)16(33-18)20(29)31-4/h6-9H,5,10H2,1-4H3,(H,23,27). The smallest absolute Gasteiger partial charge is 0.348 e. The predicted octanol–water partition coefficient (Wildman–Crippen LogP) is 4.29. The Morgan fingerprint density at radius 1 is 1.18 bits per heavy atom. The molecule has 0 aliphatic carbocycles. The number of methoxy groups -OCH3 is 2. The molecule has 0 atom stereocenters. The van der Waals surface area contributed by atoms with Crippen LogP contribution in [0.5, 0.6) is 0 Å². The normalized spacial score (nSPS) is 10.7.